The lowest BCUT2D eigenvalue weighted by Crippen LogP contribution is -2.05. The summed E-state index contributed by atoms with van der Waals surface area (Å²) in [7, 11) is 0. The van der Waals surface area contributed by atoms with Gasteiger partial charge in [0.2, 0.25) is 0 Å². The van der Waals surface area contributed by atoms with Gasteiger partial charge in [0.15, 0.2) is 0 Å². The largest absolute Gasteiger partial charge is 0.487 e. The Bertz CT molecular complexity index is 992. The van der Waals surface area contributed by atoms with Gasteiger partial charge in [-0.2, -0.15) is 0 Å². The third-order valence-corrected chi connectivity index (χ3v) is 4.90. The predicted molar refractivity (Wildman–Crippen MR) is 105 cm³/mol. The topological polar surface area (TPSA) is 39.4 Å². The summed E-state index contributed by atoms with van der Waals surface area (Å²) in [5.41, 5.74) is 3.32. The number of benzene rings is 2. The van der Waals surface area contributed by atoms with Crippen LogP contribution >= 0.6 is 27.5 Å². The number of aryl methyl sites for hydroxylation is 1. The highest BCUT2D eigenvalue weighted by Gasteiger charge is 2.12. The summed E-state index contributed by atoms with van der Waals surface area (Å²) < 4.78 is 12.1. The van der Waals surface area contributed by atoms with Gasteiger partial charge in [-0.25, -0.2) is 4.79 Å². The quantitative estimate of drug-likeness (QED) is 0.469. The van der Waals surface area contributed by atoms with Gasteiger partial charge in [0, 0.05) is 21.5 Å². The standard InChI is InChI=1S/C20H18BrClO3/c1-11(2)15-9-16-13(7-20(23)25-19(16)6-12(15)3)10-24-18-5-4-14(21)8-17(18)22/h4-9,11H,10H2,1-3H3. The summed E-state index contributed by atoms with van der Waals surface area (Å²) in [6.45, 7) is 6.56. The Morgan fingerprint density at radius 3 is 2.64 bits per heavy atom. The Hall–Kier alpha value is -1.78. The van der Waals surface area contributed by atoms with Crippen molar-refractivity contribution in [1.82, 2.24) is 0 Å². The van der Waals surface area contributed by atoms with E-state index >= 15 is 0 Å². The van der Waals surface area contributed by atoms with Gasteiger partial charge in [-0.05, 0) is 54.3 Å². The number of rotatable bonds is 4. The number of hydrogen-bond acceptors (Lipinski definition) is 3. The molecular formula is C20H18BrClO3. The first-order chi connectivity index (χ1) is 11.8. The Morgan fingerprint density at radius 2 is 1.96 bits per heavy atom. The first-order valence-electron chi connectivity index (χ1n) is 8.00. The van der Waals surface area contributed by atoms with E-state index in [0.717, 1.165) is 21.0 Å². The lowest BCUT2D eigenvalue weighted by atomic mass is 9.95. The molecule has 3 aromatic rings. The Kier molecular flexibility index (Phi) is 5.21. The molecule has 0 saturated heterocycles. The van der Waals surface area contributed by atoms with Crippen molar-refractivity contribution >= 4 is 38.5 Å². The van der Waals surface area contributed by atoms with Gasteiger partial charge in [-0.1, -0.05) is 41.4 Å². The normalized spacial score (nSPS) is 11.3. The van der Waals surface area contributed by atoms with Crippen molar-refractivity contribution in [3.63, 3.8) is 0 Å². The van der Waals surface area contributed by atoms with Gasteiger partial charge in [0.1, 0.15) is 17.9 Å². The SMILES string of the molecule is Cc1cc2oc(=O)cc(COc3ccc(Br)cc3Cl)c2cc1C(C)C. The maximum Gasteiger partial charge on any atom is 0.336 e. The monoisotopic (exact) mass is 420 g/mol. The van der Waals surface area contributed by atoms with Crippen LogP contribution in [0.2, 0.25) is 5.02 Å². The van der Waals surface area contributed by atoms with Crippen LogP contribution in [0.1, 0.15) is 36.5 Å². The molecule has 0 spiro atoms. The van der Waals surface area contributed by atoms with E-state index in [1.54, 1.807) is 12.1 Å². The van der Waals surface area contributed by atoms with Gasteiger partial charge < -0.3 is 9.15 Å². The van der Waals surface area contributed by atoms with E-state index in [1.165, 1.54) is 11.6 Å². The molecule has 3 rings (SSSR count). The van der Waals surface area contributed by atoms with Crippen LogP contribution < -0.4 is 10.4 Å². The van der Waals surface area contributed by atoms with Gasteiger partial charge in [-0.3, -0.25) is 0 Å². The van der Waals surface area contributed by atoms with Gasteiger partial charge >= 0.3 is 5.63 Å². The molecule has 0 aliphatic heterocycles. The second-order valence-corrected chi connectivity index (χ2v) is 7.64. The maximum atomic E-state index is 11.9. The lowest BCUT2D eigenvalue weighted by molar-refractivity contribution is 0.307. The third kappa shape index (κ3) is 3.91. The second kappa shape index (κ2) is 7.22. The molecule has 25 heavy (non-hydrogen) atoms. The summed E-state index contributed by atoms with van der Waals surface area (Å²) in [4.78, 5) is 11.9. The highest BCUT2D eigenvalue weighted by Crippen LogP contribution is 2.30. The summed E-state index contributed by atoms with van der Waals surface area (Å²) in [5, 5.41) is 1.41. The fraction of sp³-hybridized carbons (Fsp3) is 0.250. The van der Waals surface area contributed by atoms with Crippen LogP contribution in [0.5, 0.6) is 5.75 Å². The molecule has 1 aromatic heterocycles. The fourth-order valence-electron chi connectivity index (χ4n) is 2.88. The van der Waals surface area contributed by atoms with Crippen LogP contribution in [0.3, 0.4) is 0 Å². The molecule has 0 bridgehead atoms. The molecule has 0 atom stereocenters. The van der Waals surface area contributed by atoms with E-state index in [0.29, 0.717) is 22.3 Å². The van der Waals surface area contributed by atoms with Gasteiger partial charge in [0.25, 0.3) is 0 Å². The Balaban J connectivity index is 2.02. The van der Waals surface area contributed by atoms with E-state index in [9.17, 15) is 4.79 Å². The molecule has 0 radical (unpaired) electrons. The molecule has 0 N–H and O–H groups in total. The first-order valence-corrected chi connectivity index (χ1v) is 9.17. The van der Waals surface area contributed by atoms with Crippen molar-refractivity contribution in [2.24, 2.45) is 0 Å². The molecule has 130 valence electrons. The van der Waals surface area contributed by atoms with Crippen molar-refractivity contribution in [1.29, 1.82) is 0 Å². The van der Waals surface area contributed by atoms with Crippen molar-refractivity contribution in [2.45, 2.75) is 33.3 Å². The van der Waals surface area contributed by atoms with Crippen LogP contribution in [-0.4, -0.2) is 0 Å². The van der Waals surface area contributed by atoms with Crippen LogP contribution in [0.15, 0.2) is 50.1 Å². The van der Waals surface area contributed by atoms with Crippen LogP contribution in [0.25, 0.3) is 11.0 Å². The van der Waals surface area contributed by atoms with Crippen LogP contribution in [-0.2, 0) is 6.61 Å². The van der Waals surface area contributed by atoms with E-state index < -0.39 is 0 Å². The molecule has 0 amide bonds. The van der Waals surface area contributed by atoms with Gasteiger partial charge in [0.05, 0.1) is 5.02 Å². The van der Waals surface area contributed by atoms with Crippen LogP contribution in [0, 0.1) is 6.92 Å². The number of hydrogen-bond donors (Lipinski definition) is 0. The fourth-order valence-corrected chi connectivity index (χ4v) is 3.61. The average molecular weight is 422 g/mol. The van der Waals surface area contributed by atoms with E-state index in [2.05, 4.69) is 35.8 Å². The molecule has 0 saturated carbocycles. The molecule has 2 aromatic carbocycles. The molecule has 3 nitrogen and oxygen atoms in total. The number of ether oxygens (including phenoxy) is 1. The number of halogens is 2. The average Bonchev–Trinajstić information content (AvgIpc) is 2.52. The summed E-state index contributed by atoms with van der Waals surface area (Å²) >= 11 is 9.57. The highest BCUT2D eigenvalue weighted by atomic mass is 79.9. The zero-order valence-corrected chi connectivity index (χ0v) is 16.6. The second-order valence-electron chi connectivity index (χ2n) is 6.31. The zero-order valence-electron chi connectivity index (χ0n) is 14.2. The van der Waals surface area contributed by atoms with Crippen molar-refractivity contribution in [2.75, 3.05) is 0 Å². The highest BCUT2D eigenvalue weighted by molar-refractivity contribution is 9.10. The summed E-state index contributed by atoms with van der Waals surface area (Å²) in [5.74, 6) is 0.952. The van der Waals surface area contributed by atoms with Crippen molar-refractivity contribution < 1.29 is 9.15 Å². The minimum Gasteiger partial charge on any atom is -0.487 e. The Labute approximate surface area is 159 Å². The van der Waals surface area contributed by atoms with Crippen LogP contribution in [0.4, 0.5) is 0 Å². The van der Waals surface area contributed by atoms with Gasteiger partial charge in [-0.15, -0.1) is 0 Å². The summed E-state index contributed by atoms with van der Waals surface area (Å²) in [6.07, 6.45) is 0. The smallest absolute Gasteiger partial charge is 0.336 e. The molecule has 1 heterocycles. The molecule has 5 heteroatoms. The minimum atomic E-state index is -0.385. The first kappa shape index (κ1) is 18.0. The van der Waals surface area contributed by atoms with E-state index in [1.807, 2.05) is 19.1 Å². The summed E-state index contributed by atoms with van der Waals surface area (Å²) in [6, 6.07) is 10.9. The predicted octanol–water partition coefficient (Wildman–Crippen LogP) is 6.22. The van der Waals surface area contributed by atoms with E-state index in [-0.39, 0.29) is 12.2 Å². The molecule has 0 unspecified atom stereocenters. The molecular weight excluding hydrogens is 404 g/mol. The maximum absolute atomic E-state index is 11.9. The third-order valence-electron chi connectivity index (χ3n) is 4.12. The zero-order chi connectivity index (χ0) is 18.1. The molecule has 0 fully saturated rings. The molecule has 0 aliphatic rings. The van der Waals surface area contributed by atoms with Crippen molar-refractivity contribution in [3.05, 3.63) is 73.0 Å². The van der Waals surface area contributed by atoms with Crippen molar-refractivity contribution in [3.8, 4) is 5.75 Å². The Morgan fingerprint density at radius 1 is 1.20 bits per heavy atom. The molecule has 0 aliphatic carbocycles. The minimum absolute atomic E-state index is 0.240. The lowest BCUT2D eigenvalue weighted by Gasteiger charge is -2.14. The van der Waals surface area contributed by atoms with E-state index in [4.69, 9.17) is 20.8 Å². The number of fused-ring (bicyclic) bond motifs is 1.